The molecule has 1 N–H and O–H groups in total. The van der Waals surface area contributed by atoms with Crippen LogP contribution in [0.4, 0.5) is 5.69 Å². The normalized spacial score (nSPS) is 10.6. The lowest BCUT2D eigenvalue weighted by Gasteiger charge is -2.03. The molecule has 0 saturated carbocycles. The van der Waals surface area contributed by atoms with Crippen LogP contribution in [-0.4, -0.2) is 28.1 Å². The quantitative estimate of drug-likeness (QED) is 0.733. The minimum absolute atomic E-state index is 0.243. The molecule has 0 unspecified atom stereocenters. The average Bonchev–Trinajstić information content (AvgIpc) is 3.17. The molecule has 0 atom stereocenters. The summed E-state index contributed by atoms with van der Waals surface area (Å²) in [5, 5.41) is 2.82. The third-order valence-corrected chi connectivity index (χ3v) is 4.28. The van der Waals surface area contributed by atoms with E-state index in [9.17, 15) is 9.59 Å². The summed E-state index contributed by atoms with van der Waals surface area (Å²) < 4.78 is 8.12. The van der Waals surface area contributed by atoms with Gasteiger partial charge in [-0.1, -0.05) is 29.8 Å². The van der Waals surface area contributed by atoms with Crippen LogP contribution in [-0.2, 0) is 18.8 Å². The number of hydrogen-bond donors (Lipinski definition) is 1. The van der Waals surface area contributed by atoms with Crippen LogP contribution in [0.5, 0.6) is 0 Å². The number of ether oxygens (including phenoxy) is 1. The van der Waals surface area contributed by atoms with E-state index in [1.165, 1.54) is 12.7 Å². The van der Waals surface area contributed by atoms with E-state index < -0.39 is 5.97 Å². The van der Waals surface area contributed by atoms with Crippen molar-refractivity contribution in [3.05, 3.63) is 65.7 Å². The Labute approximate surface area is 152 Å². The minimum Gasteiger partial charge on any atom is -0.464 e. The van der Waals surface area contributed by atoms with Gasteiger partial charge in [0.15, 0.2) is 0 Å². The minimum atomic E-state index is -0.450. The van der Waals surface area contributed by atoms with Gasteiger partial charge in [-0.25, -0.2) is 4.79 Å². The number of benzene rings is 1. The third-order valence-electron chi connectivity index (χ3n) is 4.28. The molecule has 0 fully saturated rings. The van der Waals surface area contributed by atoms with E-state index in [0.29, 0.717) is 17.1 Å². The van der Waals surface area contributed by atoms with Gasteiger partial charge in [0.05, 0.1) is 12.8 Å². The lowest BCUT2D eigenvalue weighted by atomic mass is 10.1. The molecular weight excluding hydrogens is 330 g/mol. The van der Waals surface area contributed by atoms with Crippen LogP contribution in [0.2, 0.25) is 0 Å². The van der Waals surface area contributed by atoms with E-state index in [1.807, 2.05) is 50.5 Å². The highest BCUT2D eigenvalue weighted by Gasteiger charge is 2.16. The maximum atomic E-state index is 12.6. The molecule has 26 heavy (non-hydrogen) atoms. The number of nitrogens with one attached hydrogen (secondary N) is 1. The molecule has 1 aromatic carbocycles. The zero-order chi connectivity index (χ0) is 18.8. The first-order chi connectivity index (χ1) is 12.4. The molecular formula is C20H21N3O3. The topological polar surface area (TPSA) is 65.3 Å². The summed E-state index contributed by atoms with van der Waals surface area (Å²) >= 11 is 0. The largest absolute Gasteiger partial charge is 0.464 e. The van der Waals surface area contributed by atoms with E-state index in [4.69, 9.17) is 4.74 Å². The van der Waals surface area contributed by atoms with Gasteiger partial charge in [-0.3, -0.25) is 4.79 Å². The molecule has 3 aromatic rings. The van der Waals surface area contributed by atoms with Crippen LogP contribution in [0.15, 0.2) is 48.8 Å². The molecule has 0 spiro atoms. The number of nitrogens with zero attached hydrogens (tertiary/aromatic N) is 2. The molecule has 134 valence electrons. The van der Waals surface area contributed by atoms with Gasteiger partial charge in [0.25, 0.3) is 5.91 Å². The standard InChI is InChI=1S/C20H21N3O3/c1-13-5-7-14(8-6-13)15-9-17(22(2)11-15)19(24)21-16-10-18(20(25)26-4)23(3)12-16/h5-12H,1-4H3,(H,21,24). The van der Waals surface area contributed by atoms with Crippen molar-refractivity contribution in [2.75, 3.05) is 12.4 Å². The van der Waals surface area contributed by atoms with Crippen molar-refractivity contribution in [2.24, 2.45) is 14.1 Å². The first-order valence-corrected chi connectivity index (χ1v) is 8.18. The van der Waals surface area contributed by atoms with E-state index >= 15 is 0 Å². The second kappa shape index (κ2) is 6.92. The monoisotopic (exact) mass is 351 g/mol. The Hall–Kier alpha value is -3.28. The number of carbonyl (C=O) groups excluding carboxylic acids is 2. The third kappa shape index (κ3) is 3.39. The molecule has 3 rings (SSSR count). The Kier molecular flexibility index (Phi) is 4.67. The van der Waals surface area contributed by atoms with E-state index in [0.717, 1.165) is 11.1 Å². The van der Waals surface area contributed by atoms with Crippen LogP contribution in [0, 0.1) is 6.92 Å². The average molecular weight is 351 g/mol. The van der Waals surface area contributed by atoms with Gasteiger partial charge in [0.1, 0.15) is 11.4 Å². The predicted molar refractivity (Wildman–Crippen MR) is 100 cm³/mol. The van der Waals surface area contributed by atoms with Crippen molar-refractivity contribution in [3.8, 4) is 11.1 Å². The number of aromatic nitrogens is 2. The number of amides is 1. The fourth-order valence-electron chi connectivity index (χ4n) is 2.83. The number of carbonyl (C=O) groups is 2. The SMILES string of the molecule is COC(=O)c1cc(NC(=O)c2cc(-c3ccc(C)cc3)cn2C)cn1C. The zero-order valence-electron chi connectivity index (χ0n) is 15.2. The van der Waals surface area contributed by atoms with Gasteiger partial charge in [-0.2, -0.15) is 0 Å². The van der Waals surface area contributed by atoms with Gasteiger partial charge in [-0.15, -0.1) is 0 Å². The Morgan fingerprint density at radius 1 is 0.923 bits per heavy atom. The molecule has 0 radical (unpaired) electrons. The molecule has 6 nitrogen and oxygen atoms in total. The highest BCUT2D eigenvalue weighted by atomic mass is 16.5. The second-order valence-corrected chi connectivity index (χ2v) is 6.26. The van der Waals surface area contributed by atoms with Crippen LogP contribution in [0.3, 0.4) is 0 Å². The Bertz CT molecular complexity index is 965. The van der Waals surface area contributed by atoms with Gasteiger partial charge in [0.2, 0.25) is 0 Å². The summed E-state index contributed by atoms with van der Waals surface area (Å²) in [6.45, 7) is 2.04. The molecule has 0 bridgehead atoms. The summed E-state index contributed by atoms with van der Waals surface area (Å²) in [7, 11) is 4.88. The fourth-order valence-corrected chi connectivity index (χ4v) is 2.83. The van der Waals surface area contributed by atoms with Crippen LogP contribution < -0.4 is 5.32 Å². The van der Waals surface area contributed by atoms with Crippen LogP contribution >= 0.6 is 0 Å². The predicted octanol–water partition coefficient (Wildman–Crippen LogP) is 3.38. The smallest absolute Gasteiger partial charge is 0.354 e. The number of esters is 1. The molecule has 0 aliphatic rings. The highest BCUT2D eigenvalue weighted by Crippen LogP contribution is 2.23. The number of rotatable bonds is 4. The summed E-state index contributed by atoms with van der Waals surface area (Å²) in [5.41, 5.74) is 4.65. The summed E-state index contributed by atoms with van der Waals surface area (Å²) in [6.07, 6.45) is 3.60. The highest BCUT2D eigenvalue weighted by molar-refractivity contribution is 6.04. The molecule has 1 amide bonds. The van der Waals surface area contributed by atoms with Gasteiger partial charge < -0.3 is 19.2 Å². The molecule has 2 aromatic heterocycles. The Balaban J connectivity index is 1.82. The molecule has 0 saturated heterocycles. The van der Waals surface area contributed by atoms with E-state index in [-0.39, 0.29) is 5.91 Å². The first kappa shape index (κ1) is 17.5. The summed E-state index contributed by atoms with van der Waals surface area (Å²) in [4.78, 5) is 24.3. The van der Waals surface area contributed by atoms with Gasteiger partial charge >= 0.3 is 5.97 Å². The maximum absolute atomic E-state index is 12.6. The van der Waals surface area contributed by atoms with Gasteiger partial charge in [0, 0.05) is 32.1 Å². The van der Waals surface area contributed by atoms with Crippen LogP contribution in [0.25, 0.3) is 11.1 Å². The Morgan fingerprint density at radius 2 is 1.58 bits per heavy atom. The maximum Gasteiger partial charge on any atom is 0.354 e. The zero-order valence-corrected chi connectivity index (χ0v) is 15.2. The van der Waals surface area contributed by atoms with Crippen LogP contribution in [0.1, 0.15) is 26.5 Å². The molecule has 2 heterocycles. The molecule has 0 aliphatic heterocycles. The lowest BCUT2D eigenvalue weighted by Crippen LogP contribution is -2.14. The lowest BCUT2D eigenvalue weighted by molar-refractivity contribution is 0.0589. The number of hydrogen-bond acceptors (Lipinski definition) is 3. The van der Waals surface area contributed by atoms with Crippen molar-refractivity contribution in [3.63, 3.8) is 0 Å². The van der Waals surface area contributed by atoms with Crippen molar-refractivity contribution >= 4 is 17.6 Å². The van der Waals surface area contributed by atoms with Crippen molar-refractivity contribution in [1.82, 2.24) is 9.13 Å². The molecule has 6 heteroatoms. The molecule has 0 aliphatic carbocycles. The first-order valence-electron chi connectivity index (χ1n) is 8.18. The number of methoxy groups -OCH3 is 1. The van der Waals surface area contributed by atoms with E-state index in [1.54, 1.807) is 28.4 Å². The second-order valence-electron chi connectivity index (χ2n) is 6.26. The Morgan fingerprint density at radius 3 is 2.23 bits per heavy atom. The van der Waals surface area contributed by atoms with Crippen molar-refractivity contribution in [2.45, 2.75) is 6.92 Å². The number of anilines is 1. The summed E-state index contributed by atoms with van der Waals surface area (Å²) in [6, 6.07) is 11.6. The number of aryl methyl sites for hydroxylation is 3. The van der Waals surface area contributed by atoms with Gasteiger partial charge in [-0.05, 0) is 24.6 Å². The summed E-state index contributed by atoms with van der Waals surface area (Å²) in [5.74, 6) is -0.693. The fraction of sp³-hybridized carbons (Fsp3) is 0.200. The van der Waals surface area contributed by atoms with Crippen molar-refractivity contribution in [1.29, 1.82) is 0 Å². The van der Waals surface area contributed by atoms with E-state index in [2.05, 4.69) is 5.32 Å². The van der Waals surface area contributed by atoms with Crippen molar-refractivity contribution < 1.29 is 14.3 Å².